The van der Waals surface area contributed by atoms with Gasteiger partial charge in [0.2, 0.25) is 0 Å². The second kappa shape index (κ2) is 3.14. The highest BCUT2D eigenvalue weighted by molar-refractivity contribution is 6.76. The van der Waals surface area contributed by atoms with Crippen LogP contribution in [0, 0.1) is 5.41 Å². The van der Waals surface area contributed by atoms with E-state index in [0.29, 0.717) is 5.41 Å². The van der Waals surface area contributed by atoms with Crippen LogP contribution in [0.4, 0.5) is 0 Å². The van der Waals surface area contributed by atoms with Gasteiger partial charge in [0.05, 0.1) is 0 Å². The summed E-state index contributed by atoms with van der Waals surface area (Å²) in [5, 5.41) is 0. The zero-order chi connectivity index (χ0) is 9.28. The van der Waals surface area contributed by atoms with Gasteiger partial charge in [-0.25, -0.2) is 0 Å². The molecule has 0 nitrogen and oxygen atoms in total. The van der Waals surface area contributed by atoms with Crippen LogP contribution in [0.1, 0.15) is 20.8 Å². The van der Waals surface area contributed by atoms with E-state index >= 15 is 0 Å². The number of hydrogen-bond acceptors (Lipinski definition) is 0. The third kappa shape index (κ3) is 5.25. The number of hydrogen-bond donors (Lipinski definition) is 0. The standard InChI is InChI=1S/C10H22Si/c1-9(10(2,3)4)8-11(5,6)7/h1,8H2,2-7H3. The minimum absolute atomic E-state index is 0.306. The number of rotatable bonds is 2. The SMILES string of the molecule is C=C(C[Si](C)(C)C)C(C)(C)C. The van der Waals surface area contributed by atoms with Crippen molar-refractivity contribution in [2.24, 2.45) is 5.41 Å². The summed E-state index contributed by atoms with van der Waals surface area (Å²) in [5.74, 6) is 0. The summed E-state index contributed by atoms with van der Waals surface area (Å²) in [6, 6.07) is 1.26. The summed E-state index contributed by atoms with van der Waals surface area (Å²) < 4.78 is 0. The Labute approximate surface area is 72.7 Å². The molecule has 0 aromatic heterocycles. The lowest BCUT2D eigenvalue weighted by molar-refractivity contribution is 0.504. The van der Waals surface area contributed by atoms with Crippen LogP contribution in [-0.2, 0) is 0 Å². The smallest absolute Gasteiger partial charge is 0.0483 e. The molecule has 0 radical (unpaired) electrons. The van der Waals surface area contributed by atoms with Crippen LogP contribution in [0.25, 0.3) is 0 Å². The molecule has 1 heteroatoms. The molecule has 0 unspecified atom stereocenters. The van der Waals surface area contributed by atoms with E-state index in [-0.39, 0.29) is 0 Å². The molecule has 0 aliphatic heterocycles. The lowest BCUT2D eigenvalue weighted by Crippen LogP contribution is -2.23. The fourth-order valence-corrected chi connectivity index (χ4v) is 2.72. The molecule has 0 aliphatic rings. The van der Waals surface area contributed by atoms with Crippen molar-refractivity contribution >= 4 is 8.07 Å². The molecule has 0 aliphatic carbocycles. The van der Waals surface area contributed by atoms with E-state index in [1.54, 1.807) is 0 Å². The second-order valence-corrected chi connectivity index (χ2v) is 11.1. The summed E-state index contributed by atoms with van der Waals surface area (Å²) in [4.78, 5) is 0. The van der Waals surface area contributed by atoms with Gasteiger partial charge in [-0.1, -0.05) is 52.6 Å². The van der Waals surface area contributed by atoms with Crippen molar-refractivity contribution in [2.75, 3.05) is 0 Å². The molecule has 0 N–H and O–H groups in total. The molecule has 11 heavy (non-hydrogen) atoms. The first-order chi connectivity index (χ1) is 4.63. The van der Waals surface area contributed by atoms with Gasteiger partial charge < -0.3 is 0 Å². The molecule has 0 aromatic rings. The van der Waals surface area contributed by atoms with Gasteiger partial charge in [0.15, 0.2) is 0 Å². The molecule has 0 bridgehead atoms. The van der Waals surface area contributed by atoms with Crippen LogP contribution >= 0.6 is 0 Å². The first kappa shape index (κ1) is 11.0. The monoisotopic (exact) mass is 170 g/mol. The Morgan fingerprint density at radius 1 is 1.18 bits per heavy atom. The van der Waals surface area contributed by atoms with Gasteiger partial charge >= 0.3 is 0 Å². The molecule has 0 rings (SSSR count). The Morgan fingerprint density at radius 3 is 1.64 bits per heavy atom. The predicted molar refractivity (Wildman–Crippen MR) is 56.7 cm³/mol. The van der Waals surface area contributed by atoms with Crippen LogP contribution < -0.4 is 0 Å². The van der Waals surface area contributed by atoms with E-state index in [1.807, 2.05) is 0 Å². The Hall–Kier alpha value is -0.0431. The first-order valence-corrected chi connectivity index (χ1v) is 8.02. The molecule has 0 saturated heterocycles. The van der Waals surface area contributed by atoms with E-state index in [4.69, 9.17) is 0 Å². The van der Waals surface area contributed by atoms with Crippen LogP contribution in [0.15, 0.2) is 12.2 Å². The van der Waals surface area contributed by atoms with Gasteiger partial charge in [-0.15, -0.1) is 0 Å². The van der Waals surface area contributed by atoms with Crippen LogP contribution in [-0.4, -0.2) is 8.07 Å². The van der Waals surface area contributed by atoms with Gasteiger partial charge in [-0.3, -0.25) is 0 Å². The zero-order valence-corrected chi connectivity index (χ0v) is 9.91. The molecular weight excluding hydrogens is 148 g/mol. The van der Waals surface area contributed by atoms with Crippen LogP contribution in [0.3, 0.4) is 0 Å². The maximum Gasteiger partial charge on any atom is 0.0483 e. The van der Waals surface area contributed by atoms with Gasteiger partial charge in [-0.2, -0.15) is 0 Å². The van der Waals surface area contributed by atoms with E-state index in [2.05, 4.69) is 47.0 Å². The molecule has 0 amide bonds. The molecule has 0 heterocycles. The quantitative estimate of drug-likeness (QED) is 0.435. The van der Waals surface area contributed by atoms with Gasteiger partial charge in [0.1, 0.15) is 0 Å². The number of allylic oxidation sites excluding steroid dienone is 1. The van der Waals surface area contributed by atoms with Crippen LogP contribution in [0.5, 0.6) is 0 Å². The molecule has 0 fully saturated rings. The third-order valence-corrected chi connectivity index (χ3v) is 3.29. The minimum Gasteiger partial charge on any atom is -0.0996 e. The van der Waals surface area contributed by atoms with Crippen molar-refractivity contribution in [3.8, 4) is 0 Å². The Morgan fingerprint density at radius 2 is 1.55 bits per heavy atom. The van der Waals surface area contributed by atoms with Crippen molar-refractivity contribution in [1.29, 1.82) is 0 Å². The summed E-state index contributed by atoms with van der Waals surface area (Å²) in [5.41, 5.74) is 1.72. The van der Waals surface area contributed by atoms with Crippen molar-refractivity contribution in [3.63, 3.8) is 0 Å². The van der Waals surface area contributed by atoms with Gasteiger partial charge in [0, 0.05) is 8.07 Å². The van der Waals surface area contributed by atoms with E-state index in [1.165, 1.54) is 11.6 Å². The zero-order valence-electron chi connectivity index (χ0n) is 8.91. The molecular formula is C10H22Si. The molecule has 0 aromatic carbocycles. The van der Waals surface area contributed by atoms with Gasteiger partial charge in [-0.05, 0) is 11.5 Å². The summed E-state index contributed by atoms with van der Waals surface area (Å²) in [6.45, 7) is 18.1. The highest BCUT2D eigenvalue weighted by Crippen LogP contribution is 2.30. The summed E-state index contributed by atoms with van der Waals surface area (Å²) in [6.07, 6.45) is 0. The van der Waals surface area contributed by atoms with E-state index < -0.39 is 8.07 Å². The predicted octanol–water partition coefficient (Wildman–Crippen LogP) is 3.93. The molecule has 0 saturated carbocycles. The highest BCUT2D eigenvalue weighted by Gasteiger charge is 2.21. The average molecular weight is 170 g/mol. The topological polar surface area (TPSA) is 0 Å². The minimum atomic E-state index is -0.930. The highest BCUT2D eigenvalue weighted by atomic mass is 28.3. The third-order valence-electron chi connectivity index (χ3n) is 1.80. The first-order valence-electron chi connectivity index (χ1n) is 4.31. The molecule has 0 spiro atoms. The maximum absolute atomic E-state index is 4.15. The maximum atomic E-state index is 4.15. The van der Waals surface area contributed by atoms with Crippen molar-refractivity contribution < 1.29 is 0 Å². The van der Waals surface area contributed by atoms with Crippen LogP contribution in [0.2, 0.25) is 25.7 Å². The van der Waals surface area contributed by atoms with Gasteiger partial charge in [0.25, 0.3) is 0 Å². The fraction of sp³-hybridized carbons (Fsp3) is 0.800. The van der Waals surface area contributed by atoms with Crippen molar-refractivity contribution in [1.82, 2.24) is 0 Å². The van der Waals surface area contributed by atoms with Crippen molar-refractivity contribution in [3.05, 3.63) is 12.2 Å². The summed E-state index contributed by atoms with van der Waals surface area (Å²) >= 11 is 0. The molecule has 0 atom stereocenters. The second-order valence-electron chi connectivity index (χ2n) is 5.59. The average Bonchev–Trinajstić information content (AvgIpc) is 1.56. The molecule has 66 valence electrons. The Balaban J connectivity index is 4.11. The van der Waals surface area contributed by atoms with Crippen molar-refractivity contribution in [2.45, 2.75) is 46.5 Å². The lowest BCUT2D eigenvalue weighted by Gasteiger charge is -2.27. The van der Waals surface area contributed by atoms with E-state index in [0.717, 1.165) is 0 Å². The lowest BCUT2D eigenvalue weighted by atomic mass is 9.89. The summed E-state index contributed by atoms with van der Waals surface area (Å²) in [7, 11) is -0.930. The largest absolute Gasteiger partial charge is 0.0996 e. The Kier molecular flexibility index (Phi) is 3.12. The van der Waals surface area contributed by atoms with E-state index in [9.17, 15) is 0 Å². The fourth-order valence-electron chi connectivity index (χ4n) is 0.905. The Bertz CT molecular complexity index is 143. The normalized spacial score (nSPS) is 13.3.